The molecule has 0 heterocycles. The number of hydrogen-bond acceptors (Lipinski definition) is 4. The molecule has 170 valence electrons. The lowest BCUT2D eigenvalue weighted by molar-refractivity contribution is -0.121. The average molecular weight is 428 g/mol. The maximum Gasteiger partial charge on any atom is 0.220 e. The van der Waals surface area contributed by atoms with Gasteiger partial charge in [-0.15, -0.1) is 0 Å². The van der Waals surface area contributed by atoms with E-state index in [1.54, 1.807) is 6.08 Å². The molecule has 0 saturated heterocycles. The Bertz CT molecular complexity index is 728. The molecule has 2 aliphatic carbocycles. The molecule has 2 aliphatic rings. The van der Waals surface area contributed by atoms with Crippen molar-refractivity contribution in [1.82, 2.24) is 5.32 Å². The maximum absolute atomic E-state index is 11.7. The summed E-state index contributed by atoms with van der Waals surface area (Å²) >= 11 is 0. The molecule has 1 aromatic carbocycles. The van der Waals surface area contributed by atoms with Gasteiger partial charge in [0.25, 0.3) is 0 Å². The summed E-state index contributed by atoms with van der Waals surface area (Å²) < 4.78 is 0. The van der Waals surface area contributed by atoms with E-state index in [9.17, 15) is 20.1 Å². The molecule has 31 heavy (non-hydrogen) atoms. The number of carbonyl (C=O) groups is 1. The number of aliphatic hydroxyl groups is 3. The number of carbonyl (C=O) groups excluding carboxylic acids is 1. The summed E-state index contributed by atoms with van der Waals surface area (Å²) in [4.78, 5) is 11.7. The normalized spacial score (nSPS) is 27.2. The molecule has 0 spiro atoms. The van der Waals surface area contributed by atoms with Crippen LogP contribution in [0.5, 0.6) is 0 Å². The Morgan fingerprint density at radius 3 is 2.65 bits per heavy atom. The average Bonchev–Trinajstić information content (AvgIpc) is 3.52. The van der Waals surface area contributed by atoms with Crippen molar-refractivity contribution in [3.63, 3.8) is 0 Å². The van der Waals surface area contributed by atoms with Crippen molar-refractivity contribution >= 4 is 5.91 Å². The number of hydrogen-bond donors (Lipinski definition) is 4. The fraction of sp³-hybridized carbons (Fsp3) is 0.577. The van der Waals surface area contributed by atoms with E-state index < -0.39 is 18.3 Å². The van der Waals surface area contributed by atoms with E-state index in [4.69, 9.17) is 0 Å². The zero-order chi connectivity index (χ0) is 22.1. The van der Waals surface area contributed by atoms with Crippen LogP contribution in [0.3, 0.4) is 0 Å². The summed E-state index contributed by atoms with van der Waals surface area (Å²) in [5.41, 5.74) is 1.19. The van der Waals surface area contributed by atoms with Gasteiger partial charge in [-0.3, -0.25) is 4.79 Å². The van der Waals surface area contributed by atoms with Crippen LogP contribution in [0, 0.1) is 11.8 Å². The zero-order valence-electron chi connectivity index (χ0n) is 18.3. The van der Waals surface area contributed by atoms with Gasteiger partial charge >= 0.3 is 0 Å². The molecule has 1 aromatic rings. The summed E-state index contributed by atoms with van der Waals surface area (Å²) in [5, 5.41) is 34.0. The van der Waals surface area contributed by atoms with Crippen molar-refractivity contribution in [2.75, 3.05) is 0 Å². The first kappa shape index (κ1) is 23.7. The predicted molar refractivity (Wildman–Crippen MR) is 122 cm³/mol. The topological polar surface area (TPSA) is 89.8 Å². The van der Waals surface area contributed by atoms with Crippen molar-refractivity contribution in [1.29, 1.82) is 0 Å². The number of aliphatic hydroxyl groups excluding tert-OH is 3. The van der Waals surface area contributed by atoms with E-state index in [0.717, 1.165) is 32.1 Å². The molecule has 0 radical (unpaired) electrons. The van der Waals surface area contributed by atoms with Crippen LogP contribution in [-0.2, 0) is 11.2 Å². The van der Waals surface area contributed by atoms with E-state index >= 15 is 0 Å². The van der Waals surface area contributed by atoms with E-state index in [2.05, 4.69) is 29.6 Å². The first-order valence-corrected chi connectivity index (χ1v) is 11.7. The minimum Gasteiger partial charge on any atom is -0.393 e. The zero-order valence-corrected chi connectivity index (χ0v) is 18.3. The van der Waals surface area contributed by atoms with Crippen LogP contribution in [0.2, 0.25) is 0 Å². The Kier molecular flexibility index (Phi) is 9.31. The van der Waals surface area contributed by atoms with Gasteiger partial charge in [-0.05, 0) is 56.4 Å². The SMILES string of the molecule is O=C(CCC/C=C\C[C@H]1[C@@H](/C=C/[C@@H](O)CCc2ccccc2)[C@@H](O)C[C@H]1O)NC1CC1. The van der Waals surface area contributed by atoms with Gasteiger partial charge in [0, 0.05) is 24.8 Å². The van der Waals surface area contributed by atoms with Crippen molar-refractivity contribution in [2.45, 2.75) is 82.1 Å². The molecule has 2 saturated carbocycles. The third-order valence-electron chi connectivity index (χ3n) is 6.33. The highest BCUT2D eigenvalue weighted by Gasteiger charge is 2.39. The Hall–Kier alpha value is -1.95. The Morgan fingerprint density at radius 1 is 1.13 bits per heavy atom. The molecule has 0 unspecified atom stereocenters. The standard InChI is InChI=1S/C26H37NO4/c28-21(15-12-19-8-4-3-5-9-19)16-17-23-22(24(29)18-25(23)30)10-6-1-2-7-11-26(31)27-20-13-14-20/h1,3-6,8-9,16-17,20-25,28-30H,2,7,10-15,18H2,(H,27,31)/b6-1-,17-16+/t21-,22-,23+,24+,25-/m0/s1. The molecule has 3 rings (SSSR count). The predicted octanol–water partition coefficient (Wildman–Crippen LogP) is 3.29. The van der Waals surface area contributed by atoms with Gasteiger partial charge in [0.2, 0.25) is 5.91 Å². The van der Waals surface area contributed by atoms with Crippen LogP contribution < -0.4 is 5.32 Å². The second-order valence-corrected chi connectivity index (χ2v) is 9.03. The van der Waals surface area contributed by atoms with Gasteiger partial charge in [0.15, 0.2) is 0 Å². The second-order valence-electron chi connectivity index (χ2n) is 9.03. The number of rotatable bonds is 12. The molecule has 0 aliphatic heterocycles. The lowest BCUT2D eigenvalue weighted by Gasteiger charge is -2.19. The fourth-order valence-corrected chi connectivity index (χ4v) is 4.30. The summed E-state index contributed by atoms with van der Waals surface area (Å²) in [6.45, 7) is 0. The van der Waals surface area contributed by atoms with Crippen LogP contribution in [0.1, 0.15) is 56.9 Å². The van der Waals surface area contributed by atoms with Crippen LogP contribution in [0.4, 0.5) is 0 Å². The maximum atomic E-state index is 11.7. The summed E-state index contributed by atoms with van der Waals surface area (Å²) in [6.07, 6.45) is 13.0. The smallest absolute Gasteiger partial charge is 0.220 e. The summed E-state index contributed by atoms with van der Waals surface area (Å²) in [7, 11) is 0. The van der Waals surface area contributed by atoms with Gasteiger partial charge in [0.1, 0.15) is 0 Å². The van der Waals surface area contributed by atoms with Gasteiger partial charge in [-0.2, -0.15) is 0 Å². The molecular formula is C26H37NO4. The summed E-state index contributed by atoms with van der Waals surface area (Å²) in [5.74, 6) is -0.0707. The van der Waals surface area contributed by atoms with E-state index in [1.807, 2.05) is 24.3 Å². The van der Waals surface area contributed by atoms with Crippen LogP contribution in [0.25, 0.3) is 0 Å². The highest BCUT2D eigenvalue weighted by Crippen LogP contribution is 2.36. The summed E-state index contributed by atoms with van der Waals surface area (Å²) in [6, 6.07) is 10.5. The molecule has 2 fully saturated rings. The Balaban J connectivity index is 1.39. The van der Waals surface area contributed by atoms with Gasteiger partial charge in [-0.25, -0.2) is 0 Å². The van der Waals surface area contributed by atoms with Gasteiger partial charge < -0.3 is 20.6 Å². The lowest BCUT2D eigenvalue weighted by atomic mass is 9.89. The first-order valence-electron chi connectivity index (χ1n) is 11.7. The molecule has 0 aromatic heterocycles. The fourth-order valence-electron chi connectivity index (χ4n) is 4.30. The van der Waals surface area contributed by atoms with E-state index in [-0.39, 0.29) is 17.7 Å². The quantitative estimate of drug-likeness (QED) is 0.304. The molecule has 0 bridgehead atoms. The molecular weight excluding hydrogens is 390 g/mol. The van der Waals surface area contributed by atoms with Gasteiger partial charge in [-0.1, -0.05) is 54.6 Å². The van der Waals surface area contributed by atoms with E-state index in [0.29, 0.717) is 31.7 Å². The van der Waals surface area contributed by atoms with Crippen molar-refractivity contribution in [2.24, 2.45) is 11.8 Å². The van der Waals surface area contributed by atoms with Crippen molar-refractivity contribution in [3.8, 4) is 0 Å². The lowest BCUT2D eigenvalue weighted by Crippen LogP contribution is -2.24. The molecule has 5 nitrogen and oxygen atoms in total. The third-order valence-corrected chi connectivity index (χ3v) is 6.33. The van der Waals surface area contributed by atoms with Crippen LogP contribution in [0.15, 0.2) is 54.6 Å². The molecule has 1 amide bonds. The number of amides is 1. The highest BCUT2D eigenvalue weighted by atomic mass is 16.3. The Labute approximate surface area is 185 Å². The number of nitrogens with one attached hydrogen (secondary N) is 1. The second kappa shape index (κ2) is 12.2. The van der Waals surface area contributed by atoms with Crippen LogP contribution in [-0.4, -0.2) is 45.6 Å². The number of aryl methyl sites for hydroxylation is 1. The monoisotopic (exact) mass is 427 g/mol. The van der Waals surface area contributed by atoms with E-state index in [1.165, 1.54) is 5.56 Å². The minimum atomic E-state index is -0.586. The van der Waals surface area contributed by atoms with Crippen molar-refractivity contribution < 1.29 is 20.1 Å². The largest absolute Gasteiger partial charge is 0.393 e. The number of unbranched alkanes of at least 4 members (excludes halogenated alkanes) is 1. The molecule has 5 atom stereocenters. The Morgan fingerprint density at radius 2 is 1.90 bits per heavy atom. The van der Waals surface area contributed by atoms with Gasteiger partial charge in [0.05, 0.1) is 18.3 Å². The van der Waals surface area contributed by atoms with Crippen molar-refractivity contribution in [3.05, 3.63) is 60.2 Å². The number of allylic oxidation sites excluding steroid dienone is 2. The number of benzene rings is 1. The van der Waals surface area contributed by atoms with Crippen LogP contribution >= 0.6 is 0 Å². The first-order chi connectivity index (χ1) is 15.0. The highest BCUT2D eigenvalue weighted by molar-refractivity contribution is 5.76. The minimum absolute atomic E-state index is 0.0537. The molecule has 5 heteroatoms. The molecule has 4 N–H and O–H groups in total. The third kappa shape index (κ3) is 8.24.